The number of hydrogen-bond donors (Lipinski definition) is 0. The van der Waals surface area contributed by atoms with Crippen molar-refractivity contribution in [1.29, 1.82) is 0 Å². The van der Waals surface area contributed by atoms with Crippen molar-refractivity contribution in [3.05, 3.63) is 98.9 Å². The second-order valence-electron chi connectivity index (χ2n) is 7.81. The van der Waals surface area contributed by atoms with Crippen molar-refractivity contribution in [2.45, 2.75) is 20.5 Å². The molecule has 0 radical (unpaired) electrons. The van der Waals surface area contributed by atoms with E-state index in [4.69, 9.17) is 9.47 Å². The molecular formula is C28H25BrN2O4S. The van der Waals surface area contributed by atoms with Gasteiger partial charge in [0.25, 0.3) is 5.91 Å². The monoisotopic (exact) mass is 564 g/mol. The second-order valence-corrected chi connectivity index (χ2v) is 9.73. The number of carbonyl (C=O) groups excluding carboxylic acids is 2. The summed E-state index contributed by atoms with van der Waals surface area (Å²) in [5.41, 5.74) is 2.98. The van der Waals surface area contributed by atoms with Crippen LogP contribution in [0.5, 0.6) is 5.75 Å². The number of benzene rings is 3. The van der Waals surface area contributed by atoms with E-state index in [2.05, 4.69) is 20.9 Å². The van der Waals surface area contributed by atoms with Crippen molar-refractivity contribution in [2.24, 2.45) is 4.99 Å². The lowest BCUT2D eigenvalue weighted by molar-refractivity contribution is -0.122. The largest absolute Gasteiger partial charge is 0.489 e. The zero-order valence-corrected chi connectivity index (χ0v) is 22.3. The summed E-state index contributed by atoms with van der Waals surface area (Å²) >= 11 is 4.75. The van der Waals surface area contributed by atoms with E-state index >= 15 is 0 Å². The maximum Gasteiger partial charge on any atom is 0.338 e. The quantitative estimate of drug-likeness (QED) is 0.221. The van der Waals surface area contributed by atoms with Crippen LogP contribution < -0.4 is 4.74 Å². The minimum absolute atomic E-state index is 0.0987. The topological polar surface area (TPSA) is 68.2 Å². The number of aliphatic imine (C=N–C) groups is 1. The highest BCUT2D eigenvalue weighted by molar-refractivity contribution is 9.10. The molecule has 1 amide bonds. The Morgan fingerprint density at radius 2 is 1.81 bits per heavy atom. The number of esters is 1. The highest BCUT2D eigenvalue weighted by Gasteiger charge is 2.32. The summed E-state index contributed by atoms with van der Waals surface area (Å²) in [6, 6.07) is 22.5. The molecule has 1 fully saturated rings. The molecule has 0 atom stereocenters. The molecule has 36 heavy (non-hydrogen) atoms. The summed E-state index contributed by atoms with van der Waals surface area (Å²) < 4.78 is 12.0. The molecule has 0 saturated carbocycles. The molecule has 8 heteroatoms. The van der Waals surface area contributed by atoms with E-state index in [1.54, 1.807) is 36.1 Å². The summed E-state index contributed by atoms with van der Waals surface area (Å²) in [5, 5.41) is 0.573. The Kier molecular flexibility index (Phi) is 8.61. The number of rotatable bonds is 8. The Balaban J connectivity index is 1.47. The average Bonchev–Trinajstić information content (AvgIpc) is 3.18. The number of halogens is 1. The van der Waals surface area contributed by atoms with Gasteiger partial charge in [0.2, 0.25) is 0 Å². The Labute approximate surface area is 223 Å². The standard InChI is InChI=1S/C28H25BrN2O4S/c1-3-31-26(32)25(36-28(31)30-23-7-5-6-21(17-23)27(33)34-4-2)16-19-10-14-24(15-11-19)35-18-20-8-12-22(29)13-9-20/h5-17H,3-4,18H2,1-2H3. The van der Waals surface area contributed by atoms with Crippen LogP contribution in [-0.2, 0) is 16.1 Å². The first-order valence-electron chi connectivity index (χ1n) is 11.5. The van der Waals surface area contributed by atoms with Crippen LogP contribution >= 0.6 is 27.7 Å². The molecule has 1 heterocycles. The Hall–Kier alpha value is -3.36. The van der Waals surface area contributed by atoms with Crippen LogP contribution in [0.25, 0.3) is 6.08 Å². The summed E-state index contributed by atoms with van der Waals surface area (Å²) in [7, 11) is 0. The van der Waals surface area contributed by atoms with Gasteiger partial charge in [-0.1, -0.05) is 46.3 Å². The van der Waals surface area contributed by atoms with E-state index in [9.17, 15) is 9.59 Å². The van der Waals surface area contributed by atoms with Gasteiger partial charge in [0.15, 0.2) is 5.17 Å². The fraction of sp³-hybridized carbons (Fsp3) is 0.179. The maximum absolute atomic E-state index is 13.0. The van der Waals surface area contributed by atoms with Gasteiger partial charge < -0.3 is 9.47 Å². The minimum atomic E-state index is -0.396. The van der Waals surface area contributed by atoms with Crippen molar-refractivity contribution in [3.63, 3.8) is 0 Å². The SMILES string of the molecule is CCOC(=O)c1cccc(N=C2SC(=Cc3ccc(OCc4ccc(Br)cc4)cc3)C(=O)N2CC)c1. The molecule has 1 saturated heterocycles. The zero-order chi connectivity index (χ0) is 25.5. The average molecular weight is 565 g/mol. The third-order valence-corrected chi connectivity index (χ3v) is 6.82. The normalized spacial score (nSPS) is 15.5. The first kappa shape index (κ1) is 25.7. The molecule has 0 bridgehead atoms. The number of ether oxygens (including phenoxy) is 2. The van der Waals surface area contributed by atoms with Crippen molar-refractivity contribution < 1.29 is 19.1 Å². The lowest BCUT2D eigenvalue weighted by Crippen LogP contribution is -2.28. The molecule has 1 aliphatic heterocycles. The van der Waals surface area contributed by atoms with Gasteiger partial charge in [-0.05, 0) is 85.3 Å². The molecule has 0 aliphatic carbocycles. The van der Waals surface area contributed by atoms with Gasteiger partial charge >= 0.3 is 5.97 Å². The predicted molar refractivity (Wildman–Crippen MR) is 147 cm³/mol. The van der Waals surface area contributed by atoms with E-state index in [0.717, 1.165) is 21.3 Å². The zero-order valence-electron chi connectivity index (χ0n) is 19.9. The van der Waals surface area contributed by atoms with Gasteiger partial charge in [-0.3, -0.25) is 9.69 Å². The summed E-state index contributed by atoms with van der Waals surface area (Å²) in [5.74, 6) is 0.259. The number of amides is 1. The summed E-state index contributed by atoms with van der Waals surface area (Å²) in [6.07, 6.45) is 1.85. The summed E-state index contributed by atoms with van der Waals surface area (Å²) in [6.45, 7) is 4.94. The van der Waals surface area contributed by atoms with Crippen LogP contribution in [0.4, 0.5) is 5.69 Å². The third kappa shape index (κ3) is 6.44. The first-order valence-corrected chi connectivity index (χ1v) is 13.1. The van der Waals surface area contributed by atoms with Crippen molar-refractivity contribution in [3.8, 4) is 5.75 Å². The molecule has 4 rings (SSSR count). The Morgan fingerprint density at radius 1 is 1.06 bits per heavy atom. The number of nitrogens with zero attached hydrogens (tertiary/aromatic N) is 2. The number of hydrogen-bond acceptors (Lipinski definition) is 6. The van der Waals surface area contributed by atoms with Crippen LogP contribution in [0.3, 0.4) is 0 Å². The lowest BCUT2D eigenvalue weighted by Gasteiger charge is -2.12. The fourth-order valence-corrected chi connectivity index (χ4v) is 4.78. The van der Waals surface area contributed by atoms with Gasteiger partial charge in [-0.2, -0.15) is 0 Å². The van der Waals surface area contributed by atoms with Gasteiger partial charge in [-0.25, -0.2) is 9.79 Å². The molecule has 184 valence electrons. The van der Waals surface area contributed by atoms with E-state index in [-0.39, 0.29) is 5.91 Å². The molecular weight excluding hydrogens is 540 g/mol. The molecule has 0 unspecified atom stereocenters. The van der Waals surface area contributed by atoms with Crippen molar-refractivity contribution in [2.75, 3.05) is 13.2 Å². The number of amidine groups is 1. The van der Waals surface area contributed by atoms with Gasteiger partial charge in [0, 0.05) is 11.0 Å². The van der Waals surface area contributed by atoms with Crippen LogP contribution in [0.15, 0.2) is 87.2 Å². The number of likely N-dealkylation sites (N-methyl/N-ethyl adjacent to an activating group) is 1. The highest BCUT2D eigenvalue weighted by Crippen LogP contribution is 2.34. The van der Waals surface area contributed by atoms with E-state index in [1.807, 2.05) is 61.5 Å². The minimum Gasteiger partial charge on any atom is -0.489 e. The van der Waals surface area contributed by atoms with Gasteiger partial charge in [0.05, 0.1) is 22.8 Å². The van der Waals surface area contributed by atoms with E-state index in [1.165, 1.54) is 11.8 Å². The fourth-order valence-electron chi connectivity index (χ4n) is 3.46. The molecule has 0 spiro atoms. The maximum atomic E-state index is 13.0. The Morgan fingerprint density at radius 3 is 2.50 bits per heavy atom. The molecule has 3 aromatic carbocycles. The lowest BCUT2D eigenvalue weighted by atomic mass is 10.2. The molecule has 3 aromatic rings. The van der Waals surface area contributed by atoms with Crippen LogP contribution in [0.1, 0.15) is 35.3 Å². The predicted octanol–water partition coefficient (Wildman–Crippen LogP) is 6.83. The molecule has 6 nitrogen and oxygen atoms in total. The van der Waals surface area contributed by atoms with E-state index in [0.29, 0.717) is 41.1 Å². The first-order chi connectivity index (χ1) is 17.5. The molecule has 0 N–H and O–H groups in total. The van der Waals surface area contributed by atoms with Crippen LogP contribution in [-0.4, -0.2) is 35.1 Å². The van der Waals surface area contributed by atoms with Gasteiger partial charge in [0.1, 0.15) is 12.4 Å². The van der Waals surface area contributed by atoms with Crippen LogP contribution in [0.2, 0.25) is 0 Å². The van der Waals surface area contributed by atoms with Crippen molar-refractivity contribution in [1.82, 2.24) is 4.90 Å². The number of thioether (sulfide) groups is 1. The van der Waals surface area contributed by atoms with Gasteiger partial charge in [-0.15, -0.1) is 0 Å². The number of carbonyl (C=O) groups is 2. The highest BCUT2D eigenvalue weighted by atomic mass is 79.9. The second kappa shape index (κ2) is 12.1. The Bertz CT molecular complexity index is 1300. The van der Waals surface area contributed by atoms with Crippen molar-refractivity contribution >= 4 is 56.5 Å². The third-order valence-electron chi connectivity index (χ3n) is 5.28. The molecule has 1 aliphatic rings. The summed E-state index contributed by atoms with van der Waals surface area (Å²) in [4.78, 5) is 31.9. The smallest absolute Gasteiger partial charge is 0.338 e. The van der Waals surface area contributed by atoms with E-state index < -0.39 is 5.97 Å². The van der Waals surface area contributed by atoms with Crippen LogP contribution in [0, 0.1) is 0 Å². The molecule has 0 aromatic heterocycles.